The minimum absolute atomic E-state index is 0.234. The third kappa shape index (κ3) is 2.61. The van der Waals surface area contributed by atoms with E-state index < -0.39 is 0 Å². The van der Waals surface area contributed by atoms with Gasteiger partial charge >= 0.3 is 0 Å². The number of aromatic nitrogens is 1. The molecule has 0 bridgehead atoms. The first-order valence-corrected chi connectivity index (χ1v) is 6.84. The Hall–Kier alpha value is -2.36. The molecule has 0 radical (unpaired) electrons. The van der Waals surface area contributed by atoms with Gasteiger partial charge in [0, 0.05) is 11.9 Å². The highest BCUT2D eigenvalue weighted by atomic mass is 19.1. The molecule has 0 fully saturated rings. The lowest BCUT2D eigenvalue weighted by Crippen LogP contribution is -2.05. The molecule has 21 heavy (non-hydrogen) atoms. The van der Waals surface area contributed by atoms with Crippen LogP contribution in [0.25, 0.3) is 10.9 Å². The van der Waals surface area contributed by atoms with Gasteiger partial charge in [-0.25, -0.2) is 8.78 Å². The third-order valence-electron chi connectivity index (χ3n) is 3.47. The quantitative estimate of drug-likeness (QED) is 0.688. The molecule has 0 atom stereocenters. The third-order valence-corrected chi connectivity index (χ3v) is 3.47. The Bertz CT molecular complexity index is 762. The molecule has 0 aliphatic rings. The van der Waals surface area contributed by atoms with Crippen LogP contribution in [-0.4, -0.2) is 4.57 Å². The summed E-state index contributed by atoms with van der Waals surface area (Å²) in [6.07, 6.45) is 0. The topological polar surface area (TPSA) is 14.2 Å². The first kappa shape index (κ1) is 13.6. The van der Waals surface area contributed by atoms with Gasteiger partial charge in [0.1, 0.15) is 24.0 Å². The second kappa shape index (κ2) is 5.56. The van der Waals surface area contributed by atoms with Crippen LogP contribution < -0.4 is 4.74 Å². The lowest BCUT2D eigenvalue weighted by Gasteiger charge is -2.10. The van der Waals surface area contributed by atoms with Gasteiger partial charge in [-0.15, -0.1) is 0 Å². The van der Waals surface area contributed by atoms with Crippen molar-refractivity contribution in [3.05, 3.63) is 65.9 Å². The highest BCUT2D eigenvalue weighted by Gasteiger charge is 2.11. The highest BCUT2D eigenvalue weighted by molar-refractivity contribution is 5.81. The fraction of sp³-hybridized carbons (Fsp3) is 0.176. The Labute approximate surface area is 121 Å². The number of halogens is 2. The molecule has 0 unspecified atom stereocenters. The number of rotatable bonds is 4. The summed E-state index contributed by atoms with van der Waals surface area (Å²) in [5, 5.41) is 0.856. The van der Waals surface area contributed by atoms with Gasteiger partial charge in [-0.1, -0.05) is 12.1 Å². The molecule has 1 heterocycles. The molecule has 2 aromatic carbocycles. The zero-order valence-corrected chi connectivity index (χ0v) is 11.6. The van der Waals surface area contributed by atoms with Crippen LogP contribution in [0.4, 0.5) is 8.78 Å². The molecule has 0 aliphatic carbocycles. The molecule has 2 nitrogen and oxygen atoms in total. The second-order valence-corrected chi connectivity index (χ2v) is 4.80. The predicted octanol–water partition coefficient (Wildman–Crippen LogP) is 4.52. The van der Waals surface area contributed by atoms with Crippen molar-refractivity contribution in [3.63, 3.8) is 0 Å². The first-order chi connectivity index (χ1) is 10.2. The Morgan fingerprint density at radius 2 is 1.81 bits per heavy atom. The predicted molar refractivity (Wildman–Crippen MR) is 78.3 cm³/mol. The minimum Gasteiger partial charge on any atom is -0.487 e. The number of fused-ring (bicyclic) bond motifs is 1. The number of ether oxygens (including phenoxy) is 1. The highest BCUT2D eigenvalue weighted by Crippen LogP contribution is 2.24. The van der Waals surface area contributed by atoms with E-state index in [0.717, 1.165) is 11.1 Å². The van der Waals surface area contributed by atoms with Crippen LogP contribution in [-0.2, 0) is 13.2 Å². The summed E-state index contributed by atoms with van der Waals surface area (Å²) < 4.78 is 34.3. The summed E-state index contributed by atoms with van der Waals surface area (Å²) >= 11 is 0. The number of aryl methyl sites for hydroxylation is 1. The Morgan fingerprint density at radius 3 is 2.52 bits per heavy atom. The summed E-state index contributed by atoms with van der Waals surface area (Å²) in [4.78, 5) is 0. The Kier molecular flexibility index (Phi) is 3.60. The molecular weight excluding hydrogens is 272 g/mol. The standard InChI is InChI=1S/C17H15F2NO/c1-2-20-14(10-12-4-3-5-16(19)17(12)20)11-21-15-8-6-13(18)7-9-15/h3-10H,2,11H2,1H3. The van der Waals surface area contributed by atoms with Gasteiger partial charge in [-0.05, 0) is 43.3 Å². The van der Waals surface area contributed by atoms with Gasteiger partial charge in [-0.3, -0.25) is 0 Å². The average Bonchev–Trinajstić information content (AvgIpc) is 2.85. The van der Waals surface area contributed by atoms with E-state index in [4.69, 9.17) is 4.74 Å². The van der Waals surface area contributed by atoms with Gasteiger partial charge in [-0.2, -0.15) is 0 Å². The van der Waals surface area contributed by atoms with E-state index in [1.807, 2.05) is 23.6 Å². The molecule has 0 saturated heterocycles. The van der Waals surface area contributed by atoms with Gasteiger partial charge < -0.3 is 9.30 Å². The zero-order valence-electron chi connectivity index (χ0n) is 11.6. The van der Waals surface area contributed by atoms with E-state index in [1.165, 1.54) is 18.2 Å². The van der Waals surface area contributed by atoms with Crippen LogP contribution in [0.1, 0.15) is 12.6 Å². The molecule has 1 aromatic heterocycles. The van der Waals surface area contributed by atoms with E-state index in [-0.39, 0.29) is 11.6 Å². The zero-order chi connectivity index (χ0) is 14.8. The number of nitrogens with zero attached hydrogens (tertiary/aromatic N) is 1. The summed E-state index contributed by atoms with van der Waals surface area (Å²) in [5.74, 6) is 0.0549. The summed E-state index contributed by atoms with van der Waals surface area (Å²) in [6.45, 7) is 2.94. The Morgan fingerprint density at radius 1 is 1.05 bits per heavy atom. The van der Waals surface area contributed by atoms with Gasteiger partial charge in [0.05, 0.1) is 11.2 Å². The lowest BCUT2D eigenvalue weighted by atomic mass is 10.2. The van der Waals surface area contributed by atoms with Crippen molar-refractivity contribution >= 4 is 10.9 Å². The number of benzene rings is 2. The van der Waals surface area contributed by atoms with Crippen molar-refractivity contribution in [3.8, 4) is 5.75 Å². The Balaban J connectivity index is 1.90. The molecule has 0 saturated carbocycles. The van der Waals surface area contributed by atoms with Crippen molar-refractivity contribution in [1.82, 2.24) is 4.57 Å². The maximum Gasteiger partial charge on any atom is 0.147 e. The van der Waals surface area contributed by atoms with Crippen LogP contribution >= 0.6 is 0 Å². The van der Waals surface area contributed by atoms with Gasteiger partial charge in [0.15, 0.2) is 0 Å². The fourth-order valence-corrected chi connectivity index (χ4v) is 2.50. The maximum atomic E-state index is 14.0. The molecule has 3 aromatic rings. The van der Waals surface area contributed by atoms with E-state index in [0.29, 0.717) is 24.4 Å². The molecular formula is C17H15F2NO. The monoisotopic (exact) mass is 287 g/mol. The van der Waals surface area contributed by atoms with Gasteiger partial charge in [0.2, 0.25) is 0 Å². The second-order valence-electron chi connectivity index (χ2n) is 4.80. The molecule has 108 valence electrons. The number of hydrogen-bond donors (Lipinski definition) is 0. The number of hydrogen-bond acceptors (Lipinski definition) is 1. The van der Waals surface area contributed by atoms with Crippen LogP contribution in [0.3, 0.4) is 0 Å². The lowest BCUT2D eigenvalue weighted by molar-refractivity contribution is 0.295. The summed E-state index contributed by atoms with van der Waals surface area (Å²) in [5.41, 5.74) is 1.49. The largest absolute Gasteiger partial charge is 0.487 e. The van der Waals surface area contributed by atoms with E-state index >= 15 is 0 Å². The normalized spacial score (nSPS) is 11.0. The molecule has 0 spiro atoms. The summed E-state index contributed by atoms with van der Waals surface area (Å²) in [7, 11) is 0. The van der Waals surface area contributed by atoms with Crippen molar-refractivity contribution in [2.75, 3.05) is 0 Å². The first-order valence-electron chi connectivity index (χ1n) is 6.84. The summed E-state index contributed by atoms with van der Waals surface area (Å²) in [6, 6.07) is 12.8. The van der Waals surface area contributed by atoms with Crippen LogP contribution in [0.2, 0.25) is 0 Å². The fourth-order valence-electron chi connectivity index (χ4n) is 2.50. The van der Waals surface area contributed by atoms with Crippen molar-refractivity contribution in [2.24, 2.45) is 0 Å². The van der Waals surface area contributed by atoms with E-state index in [1.54, 1.807) is 18.2 Å². The van der Waals surface area contributed by atoms with Crippen LogP contribution in [0.15, 0.2) is 48.5 Å². The average molecular weight is 287 g/mol. The maximum absolute atomic E-state index is 14.0. The van der Waals surface area contributed by atoms with Crippen molar-refractivity contribution < 1.29 is 13.5 Å². The van der Waals surface area contributed by atoms with Gasteiger partial charge in [0.25, 0.3) is 0 Å². The van der Waals surface area contributed by atoms with E-state index in [2.05, 4.69) is 0 Å². The van der Waals surface area contributed by atoms with Crippen molar-refractivity contribution in [1.29, 1.82) is 0 Å². The molecule has 3 rings (SSSR count). The molecule has 0 aliphatic heterocycles. The molecule has 0 amide bonds. The minimum atomic E-state index is -0.299. The van der Waals surface area contributed by atoms with Crippen LogP contribution in [0.5, 0.6) is 5.75 Å². The van der Waals surface area contributed by atoms with Crippen LogP contribution in [0, 0.1) is 11.6 Å². The molecule has 4 heteroatoms. The SMILES string of the molecule is CCn1c(COc2ccc(F)cc2)cc2cccc(F)c21. The van der Waals surface area contributed by atoms with E-state index in [9.17, 15) is 8.78 Å². The molecule has 0 N–H and O–H groups in total. The number of para-hydroxylation sites is 1. The smallest absolute Gasteiger partial charge is 0.147 e. The van der Waals surface area contributed by atoms with Crippen molar-refractivity contribution in [2.45, 2.75) is 20.1 Å².